The molecule has 2 heterocycles. The number of fused-ring (bicyclic) bond motifs is 10. The van der Waals surface area contributed by atoms with E-state index in [1.54, 1.807) is 0 Å². The average Bonchev–Trinajstić information content (AvgIpc) is 3.70. The lowest BCUT2D eigenvalue weighted by Gasteiger charge is -2.21. The summed E-state index contributed by atoms with van der Waals surface area (Å²) < 4.78 is 18.1. The Morgan fingerprint density at radius 2 is 1.19 bits per heavy atom. The fraction of sp³-hybridized carbons (Fsp3) is 0.0667. The van der Waals surface area contributed by atoms with Gasteiger partial charge in [-0.1, -0.05) is 147 Å². The maximum absolute atomic E-state index is 15.8. The van der Waals surface area contributed by atoms with E-state index in [1.807, 2.05) is 36.4 Å². The second kappa shape index (κ2) is 9.80. The van der Waals surface area contributed by atoms with Crippen molar-refractivity contribution in [1.82, 2.24) is 4.57 Å². The molecule has 2 aliphatic rings. The predicted octanol–water partition coefficient (Wildman–Crippen LogP) is 10.4. The van der Waals surface area contributed by atoms with Crippen LogP contribution in [-0.4, -0.2) is 4.57 Å². The highest BCUT2D eigenvalue weighted by Crippen LogP contribution is 2.55. The summed E-state index contributed by atoms with van der Waals surface area (Å²) in [4.78, 5) is 0. The second-order valence-corrected chi connectivity index (χ2v) is 16.3. The van der Waals surface area contributed by atoms with Gasteiger partial charge in [0.2, 0.25) is 0 Å². The highest BCUT2D eigenvalue weighted by atomic mass is 31.2. The Hall–Kier alpha value is -5.43. The maximum atomic E-state index is 15.8. The van der Waals surface area contributed by atoms with E-state index in [0.29, 0.717) is 0 Å². The van der Waals surface area contributed by atoms with Gasteiger partial charge in [-0.05, 0) is 68.8 Å². The van der Waals surface area contributed by atoms with Crippen LogP contribution >= 0.6 is 7.14 Å². The minimum Gasteiger partial charge on any atom is -0.309 e. The van der Waals surface area contributed by atoms with E-state index in [0.717, 1.165) is 54.5 Å². The van der Waals surface area contributed by atoms with Gasteiger partial charge < -0.3 is 9.13 Å². The first kappa shape index (κ1) is 27.7. The molecule has 7 aromatic carbocycles. The molecular weight excluding hydrogens is 601 g/mol. The lowest BCUT2D eigenvalue weighted by molar-refractivity contribution is 0.593. The quantitative estimate of drug-likeness (QED) is 0.178. The molecule has 1 atom stereocenters. The van der Waals surface area contributed by atoms with Crippen molar-refractivity contribution in [3.8, 4) is 39.1 Å². The Morgan fingerprint density at radius 1 is 0.521 bits per heavy atom. The first-order chi connectivity index (χ1) is 23.5. The number of hydrogen-bond acceptors (Lipinski definition) is 1. The second-order valence-electron chi connectivity index (χ2n) is 13.7. The van der Waals surface area contributed by atoms with Crippen molar-refractivity contribution in [2.24, 2.45) is 0 Å². The van der Waals surface area contributed by atoms with Crippen molar-refractivity contribution < 1.29 is 4.57 Å². The molecule has 0 N–H and O–H groups in total. The zero-order chi connectivity index (χ0) is 32.2. The molecule has 0 bridgehead atoms. The number of hydrogen-bond donors (Lipinski definition) is 0. The van der Waals surface area contributed by atoms with Gasteiger partial charge in [0.25, 0.3) is 0 Å². The molecule has 0 radical (unpaired) electrons. The van der Waals surface area contributed by atoms with Crippen LogP contribution in [-0.2, 0) is 9.98 Å². The first-order valence-corrected chi connectivity index (χ1v) is 18.3. The molecule has 1 aliphatic heterocycles. The van der Waals surface area contributed by atoms with Crippen LogP contribution in [0.5, 0.6) is 0 Å². The van der Waals surface area contributed by atoms with Gasteiger partial charge in [-0.25, -0.2) is 0 Å². The van der Waals surface area contributed by atoms with E-state index in [2.05, 4.69) is 140 Å². The Bertz CT molecular complexity index is 2660. The summed E-state index contributed by atoms with van der Waals surface area (Å²) in [5.41, 5.74) is 13.1. The topological polar surface area (TPSA) is 22.0 Å². The molecule has 0 saturated carbocycles. The highest BCUT2D eigenvalue weighted by molar-refractivity contribution is 7.86. The molecule has 0 amide bonds. The van der Waals surface area contributed by atoms with Gasteiger partial charge in [-0.3, -0.25) is 0 Å². The minimum absolute atomic E-state index is 0.00997. The van der Waals surface area contributed by atoms with Gasteiger partial charge in [-0.15, -0.1) is 0 Å². The standard InChI is InChI=1S/C45H32NOP/c1-45(2)39-17-9-6-14-33(39)38-28-30(22-27-40(38)45)29-20-23-31(24-21-29)46-41-18-10-7-15-34(41)36-25-26-37-35-16-8-11-19-42(35)48(47,44(37)43(36)46)32-12-4-3-5-13-32/h3-28H,1-2H3. The number of benzene rings is 7. The molecule has 2 nitrogen and oxygen atoms in total. The van der Waals surface area contributed by atoms with E-state index in [4.69, 9.17) is 0 Å². The normalized spacial score (nSPS) is 16.9. The van der Waals surface area contributed by atoms with Crippen molar-refractivity contribution in [3.63, 3.8) is 0 Å². The Kier molecular flexibility index (Phi) is 5.65. The monoisotopic (exact) mass is 633 g/mol. The van der Waals surface area contributed by atoms with E-state index >= 15 is 4.57 Å². The minimum atomic E-state index is -3.17. The maximum Gasteiger partial charge on any atom is 0.174 e. The lowest BCUT2D eigenvalue weighted by atomic mass is 9.82. The van der Waals surface area contributed by atoms with E-state index in [1.165, 1.54) is 33.4 Å². The van der Waals surface area contributed by atoms with E-state index in [9.17, 15) is 0 Å². The van der Waals surface area contributed by atoms with Gasteiger partial charge in [0.1, 0.15) is 0 Å². The smallest absolute Gasteiger partial charge is 0.174 e. The molecule has 0 saturated heterocycles. The number of aromatic nitrogens is 1. The molecule has 8 aromatic rings. The molecule has 1 aliphatic carbocycles. The van der Waals surface area contributed by atoms with Crippen LogP contribution in [0.3, 0.4) is 0 Å². The fourth-order valence-electron chi connectivity index (χ4n) is 8.55. The molecular formula is C45H32NOP. The van der Waals surface area contributed by atoms with Crippen LogP contribution in [0.15, 0.2) is 158 Å². The summed E-state index contributed by atoms with van der Waals surface area (Å²) in [6.45, 7) is 4.65. The van der Waals surface area contributed by atoms with Gasteiger partial charge in [-0.2, -0.15) is 0 Å². The third-order valence-electron chi connectivity index (χ3n) is 10.8. The van der Waals surface area contributed by atoms with E-state index < -0.39 is 7.14 Å². The summed E-state index contributed by atoms with van der Waals surface area (Å²) in [5.74, 6) is 0. The summed E-state index contributed by atoms with van der Waals surface area (Å²) in [5, 5.41) is 5.02. The van der Waals surface area contributed by atoms with Gasteiger partial charge >= 0.3 is 0 Å². The van der Waals surface area contributed by atoms with Crippen LogP contribution in [0, 0.1) is 0 Å². The third kappa shape index (κ3) is 3.56. The number of para-hydroxylation sites is 1. The summed E-state index contributed by atoms with van der Waals surface area (Å²) in [6, 6.07) is 56.0. The molecule has 1 unspecified atom stereocenters. The van der Waals surface area contributed by atoms with Crippen molar-refractivity contribution in [2.75, 3.05) is 0 Å². The molecule has 1 aromatic heterocycles. The molecule has 228 valence electrons. The zero-order valence-electron chi connectivity index (χ0n) is 26.8. The van der Waals surface area contributed by atoms with Crippen molar-refractivity contribution in [1.29, 1.82) is 0 Å². The average molecular weight is 634 g/mol. The van der Waals surface area contributed by atoms with Gasteiger partial charge in [0.05, 0.1) is 16.3 Å². The van der Waals surface area contributed by atoms with Crippen LogP contribution in [0.4, 0.5) is 0 Å². The largest absolute Gasteiger partial charge is 0.309 e. The van der Waals surface area contributed by atoms with Crippen LogP contribution in [0.1, 0.15) is 25.0 Å². The van der Waals surface area contributed by atoms with Crippen molar-refractivity contribution in [3.05, 3.63) is 169 Å². The molecule has 0 spiro atoms. The summed E-state index contributed by atoms with van der Waals surface area (Å²) >= 11 is 0. The van der Waals surface area contributed by atoms with Gasteiger partial charge in [0.15, 0.2) is 7.14 Å². The molecule has 10 rings (SSSR count). The van der Waals surface area contributed by atoms with Crippen LogP contribution in [0.25, 0.3) is 60.9 Å². The highest BCUT2D eigenvalue weighted by Gasteiger charge is 2.43. The van der Waals surface area contributed by atoms with Crippen LogP contribution in [0.2, 0.25) is 0 Å². The first-order valence-electron chi connectivity index (χ1n) is 16.6. The number of nitrogens with zero attached hydrogens (tertiary/aromatic N) is 1. The SMILES string of the molecule is CC1(C)c2ccccc2-c2cc(-c3ccc(-n4c5ccccc5c5ccc6c(c54)P(=O)(c4ccccc4)c4ccccc4-6)cc3)ccc21. The lowest BCUT2D eigenvalue weighted by Crippen LogP contribution is -2.22. The fourth-order valence-corrected chi connectivity index (χ4v) is 11.8. The molecule has 48 heavy (non-hydrogen) atoms. The Balaban J connectivity index is 1.19. The van der Waals surface area contributed by atoms with Crippen molar-refractivity contribution in [2.45, 2.75) is 19.3 Å². The van der Waals surface area contributed by atoms with E-state index in [-0.39, 0.29) is 5.41 Å². The molecule has 3 heteroatoms. The molecule has 0 fully saturated rings. The van der Waals surface area contributed by atoms with Crippen molar-refractivity contribution >= 4 is 44.9 Å². The summed E-state index contributed by atoms with van der Waals surface area (Å²) in [7, 11) is -3.17. The third-order valence-corrected chi connectivity index (χ3v) is 14.0. The van der Waals surface area contributed by atoms with Crippen LogP contribution < -0.4 is 15.9 Å². The number of rotatable bonds is 3. The zero-order valence-corrected chi connectivity index (χ0v) is 27.7. The summed E-state index contributed by atoms with van der Waals surface area (Å²) in [6.07, 6.45) is 0. The van der Waals surface area contributed by atoms with Gasteiger partial charge in [0, 0.05) is 32.5 Å². The Morgan fingerprint density at radius 3 is 2.02 bits per heavy atom. The predicted molar refractivity (Wildman–Crippen MR) is 202 cm³/mol. The Labute approximate surface area is 280 Å².